The van der Waals surface area contributed by atoms with Gasteiger partial charge >= 0.3 is 0 Å². The Morgan fingerprint density at radius 1 is 1.47 bits per heavy atom. The van der Waals surface area contributed by atoms with Gasteiger partial charge in [-0.2, -0.15) is 0 Å². The summed E-state index contributed by atoms with van der Waals surface area (Å²) in [6.07, 6.45) is 0. The van der Waals surface area contributed by atoms with Crippen molar-refractivity contribution in [2.45, 2.75) is 4.90 Å². The Kier molecular flexibility index (Phi) is 3.96. The average molecular weight is 229 g/mol. The molecule has 0 saturated carbocycles. The molecular weight excluding hydrogens is 217 g/mol. The Labute approximate surface area is 90.4 Å². The number of benzene rings is 1. The highest BCUT2D eigenvalue weighted by Crippen LogP contribution is 2.08. The summed E-state index contributed by atoms with van der Waals surface area (Å²) >= 11 is 0. The van der Waals surface area contributed by atoms with E-state index in [0.29, 0.717) is 4.90 Å². The molecule has 0 aromatic heterocycles. The molecule has 1 aromatic carbocycles. The van der Waals surface area contributed by atoms with Gasteiger partial charge < -0.3 is 4.90 Å². The second kappa shape index (κ2) is 5.02. The number of halogens is 1. The number of amides is 1. The van der Waals surface area contributed by atoms with Crippen LogP contribution in [-0.4, -0.2) is 34.9 Å². The van der Waals surface area contributed by atoms with Gasteiger partial charge in [-0.25, -0.2) is 4.39 Å². The normalized spacial score (nSPS) is 12.2. The Balaban J connectivity index is 2.74. The molecule has 0 aliphatic carbocycles. The van der Waals surface area contributed by atoms with Crippen LogP contribution in [0.3, 0.4) is 0 Å². The van der Waals surface area contributed by atoms with Crippen LogP contribution in [-0.2, 0) is 15.6 Å². The van der Waals surface area contributed by atoms with Crippen molar-refractivity contribution >= 4 is 16.7 Å². The van der Waals surface area contributed by atoms with E-state index in [1.807, 2.05) is 0 Å². The first-order valence-electron chi connectivity index (χ1n) is 4.35. The molecule has 0 bridgehead atoms. The first kappa shape index (κ1) is 11.8. The summed E-state index contributed by atoms with van der Waals surface area (Å²) in [6, 6.07) is 5.47. The van der Waals surface area contributed by atoms with Crippen LogP contribution < -0.4 is 0 Å². The summed E-state index contributed by atoms with van der Waals surface area (Å²) in [7, 11) is 1.70. The Bertz CT molecular complexity index is 393. The fourth-order valence-corrected chi connectivity index (χ4v) is 2.06. The topological polar surface area (TPSA) is 37.4 Å². The molecule has 0 aliphatic rings. The minimum absolute atomic E-state index is 0.115. The summed E-state index contributed by atoms with van der Waals surface area (Å²) in [5.74, 6) is -0.799. The molecule has 82 valence electrons. The second-order valence-corrected chi connectivity index (χ2v) is 4.69. The zero-order chi connectivity index (χ0) is 11.4. The largest absolute Gasteiger partial charge is 0.348 e. The third kappa shape index (κ3) is 3.43. The van der Waals surface area contributed by atoms with Gasteiger partial charge in [-0.3, -0.25) is 9.00 Å². The van der Waals surface area contributed by atoms with Crippen LogP contribution in [0.25, 0.3) is 0 Å². The zero-order valence-corrected chi connectivity index (χ0v) is 9.38. The highest BCUT2D eigenvalue weighted by molar-refractivity contribution is 7.85. The van der Waals surface area contributed by atoms with Crippen LogP contribution in [0.4, 0.5) is 4.39 Å². The van der Waals surface area contributed by atoms with Crippen molar-refractivity contribution in [1.82, 2.24) is 4.90 Å². The maximum Gasteiger partial charge on any atom is 0.235 e. The fraction of sp³-hybridized carbons (Fsp3) is 0.300. The molecular formula is C10H12FNO2S. The molecule has 3 nitrogen and oxygen atoms in total. The molecule has 1 aromatic rings. The smallest absolute Gasteiger partial charge is 0.235 e. The van der Waals surface area contributed by atoms with Crippen LogP contribution in [0.15, 0.2) is 29.2 Å². The van der Waals surface area contributed by atoms with Gasteiger partial charge in [-0.15, -0.1) is 0 Å². The number of carbonyl (C=O) groups is 1. The van der Waals surface area contributed by atoms with Crippen LogP contribution in [0.1, 0.15) is 0 Å². The van der Waals surface area contributed by atoms with Crippen LogP contribution in [0, 0.1) is 5.82 Å². The maximum absolute atomic E-state index is 12.8. The second-order valence-electron chi connectivity index (χ2n) is 3.24. The van der Waals surface area contributed by atoms with E-state index in [1.165, 1.54) is 23.1 Å². The number of hydrogen-bond acceptors (Lipinski definition) is 2. The summed E-state index contributed by atoms with van der Waals surface area (Å²) in [6.45, 7) is 0. The molecule has 0 aliphatic heterocycles. The molecule has 0 heterocycles. The lowest BCUT2D eigenvalue weighted by molar-refractivity contribution is -0.125. The lowest BCUT2D eigenvalue weighted by Crippen LogP contribution is -2.27. The number of carbonyl (C=O) groups excluding carboxylic acids is 1. The third-order valence-electron chi connectivity index (χ3n) is 1.81. The van der Waals surface area contributed by atoms with E-state index in [2.05, 4.69) is 0 Å². The van der Waals surface area contributed by atoms with E-state index < -0.39 is 16.6 Å². The van der Waals surface area contributed by atoms with Gasteiger partial charge in [0.1, 0.15) is 11.6 Å². The molecule has 0 radical (unpaired) electrons. The molecule has 0 saturated heterocycles. The monoisotopic (exact) mass is 229 g/mol. The van der Waals surface area contributed by atoms with Gasteiger partial charge in [0.2, 0.25) is 5.91 Å². The van der Waals surface area contributed by atoms with Crippen molar-refractivity contribution < 1.29 is 13.4 Å². The zero-order valence-electron chi connectivity index (χ0n) is 8.57. The van der Waals surface area contributed by atoms with Crippen LogP contribution >= 0.6 is 0 Å². The SMILES string of the molecule is CN(C)C(=O)CS(=O)c1cccc(F)c1. The van der Waals surface area contributed by atoms with Crippen molar-refractivity contribution in [1.29, 1.82) is 0 Å². The lowest BCUT2D eigenvalue weighted by Gasteiger charge is -2.09. The first-order valence-corrected chi connectivity index (χ1v) is 5.66. The Morgan fingerprint density at radius 2 is 2.13 bits per heavy atom. The molecule has 1 unspecified atom stereocenters. The standard InChI is InChI=1S/C10H12FNO2S/c1-12(2)10(13)7-15(14)9-5-3-4-8(11)6-9/h3-6H,7H2,1-2H3. The quantitative estimate of drug-likeness (QED) is 0.776. The van der Waals surface area contributed by atoms with Gasteiger partial charge in [0.25, 0.3) is 0 Å². The molecule has 1 amide bonds. The highest BCUT2D eigenvalue weighted by atomic mass is 32.2. The van der Waals surface area contributed by atoms with Crippen LogP contribution in [0.5, 0.6) is 0 Å². The third-order valence-corrected chi connectivity index (χ3v) is 3.10. The summed E-state index contributed by atoms with van der Waals surface area (Å²) in [4.78, 5) is 12.9. The fourth-order valence-electron chi connectivity index (χ4n) is 0.933. The van der Waals surface area contributed by atoms with Gasteiger partial charge in [-0.05, 0) is 18.2 Å². The van der Waals surface area contributed by atoms with Crippen molar-refractivity contribution in [3.8, 4) is 0 Å². The Hall–Kier alpha value is -1.23. The molecule has 0 spiro atoms. The summed E-state index contributed by atoms with van der Waals surface area (Å²) < 4.78 is 24.4. The predicted octanol–water partition coefficient (Wildman–Crippen LogP) is 1.02. The molecule has 0 N–H and O–H groups in total. The van der Waals surface area contributed by atoms with Crippen molar-refractivity contribution in [2.24, 2.45) is 0 Å². The van der Waals surface area contributed by atoms with Crippen LogP contribution in [0.2, 0.25) is 0 Å². The molecule has 5 heteroatoms. The van der Waals surface area contributed by atoms with Crippen molar-refractivity contribution in [2.75, 3.05) is 19.8 Å². The molecule has 0 fully saturated rings. The van der Waals surface area contributed by atoms with Gasteiger partial charge in [0, 0.05) is 19.0 Å². The predicted molar refractivity (Wildman–Crippen MR) is 56.4 cm³/mol. The average Bonchev–Trinajstić information content (AvgIpc) is 2.17. The molecule has 1 atom stereocenters. The van der Waals surface area contributed by atoms with E-state index in [9.17, 15) is 13.4 Å². The van der Waals surface area contributed by atoms with Gasteiger partial charge in [-0.1, -0.05) is 6.07 Å². The summed E-state index contributed by atoms with van der Waals surface area (Å²) in [5, 5.41) is 0. The molecule has 1 rings (SSSR count). The van der Waals surface area contributed by atoms with E-state index >= 15 is 0 Å². The van der Waals surface area contributed by atoms with Gasteiger partial charge in [0.05, 0.1) is 10.8 Å². The number of rotatable bonds is 3. The van der Waals surface area contributed by atoms with Crippen molar-refractivity contribution in [3.63, 3.8) is 0 Å². The van der Waals surface area contributed by atoms with E-state index in [4.69, 9.17) is 0 Å². The van der Waals surface area contributed by atoms with E-state index in [-0.39, 0.29) is 11.7 Å². The van der Waals surface area contributed by atoms with E-state index in [1.54, 1.807) is 20.2 Å². The highest BCUT2D eigenvalue weighted by Gasteiger charge is 2.11. The number of hydrogen-bond donors (Lipinski definition) is 0. The van der Waals surface area contributed by atoms with E-state index in [0.717, 1.165) is 0 Å². The Morgan fingerprint density at radius 3 is 2.67 bits per heavy atom. The summed E-state index contributed by atoms with van der Waals surface area (Å²) in [5.41, 5.74) is 0. The number of nitrogens with zero attached hydrogens (tertiary/aromatic N) is 1. The lowest BCUT2D eigenvalue weighted by atomic mass is 10.4. The minimum Gasteiger partial charge on any atom is -0.348 e. The van der Waals surface area contributed by atoms with Gasteiger partial charge in [0.15, 0.2) is 0 Å². The minimum atomic E-state index is -1.48. The van der Waals surface area contributed by atoms with Crippen molar-refractivity contribution in [3.05, 3.63) is 30.1 Å². The maximum atomic E-state index is 12.8. The molecule has 15 heavy (non-hydrogen) atoms. The first-order chi connectivity index (χ1) is 7.00.